The van der Waals surface area contributed by atoms with Crippen molar-refractivity contribution in [3.05, 3.63) is 54.1 Å². The summed E-state index contributed by atoms with van der Waals surface area (Å²) in [6.45, 7) is 0.883. The van der Waals surface area contributed by atoms with Crippen molar-refractivity contribution in [2.45, 2.75) is 0 Å². The van der Waals surface area contributed by atoms with E-state index in [-0.39, 0.29) is 5.91 Å². The van der Waals surface area contributed by atoms with Crippen LogP contribution in [-0.2, 0) is 0 Å². The number of nitrogens with zero attached hydrogens (tertiary/aromatic N) is 3. The molecule has 0 heterocycles. The van der Waals surface area contributed by atoms with Gasteiger partial charge < -0.3 is 16.0 Å². The molecule has 0 aliphatic rings. The number of benzene rings is 2. The molecule has 0 unspecified atom stereocenters. The zero-order chi connectivity index (χ0) is 16.7. The monoisotopic (exact) mass is 311 g/mol. The number of nitrogens with two attached hydrogens (primary N) is 1. The maximum Gasteiger partial charge on any atom is 0.251 e. The molecule has 0 aliphatic carbocycles. The van der Waals surface area contributed by atoms with E-state index in [0.717, 1.165) is 11.4 Å². The highest BCUT2D eigenvalue weighted by Gasteiger charge is 2.03. The van der Waals surface area contributed by atoms with E-state index >= 15 is 0 Å². The number of hydrogen-bond donors (Lipinski definition) is 2. The number of hydrogen-bond acceptors (Lipinski definition) is 5. The van der Waals surface area contributed by atoms with Crippen LogP contribution in [-0.4, -0.2) is 33.1 Å². The van der Waals surface area contributed by atoms with Gasteiger partial charge in [-0.25, -0.2) is 0 Å². The van der Waals surface area contributed by atoms with Crippen molar-refractivity contribution in [3.63, 3.8) is 0 Å². The van der Waals surface area contributed by atoms with Crippen molar-refractivity contribution in [3.8, 4) is 0 Å². The van der Waals surface area contributed by atoms with Gasteiger partial charge in [0.1, 0.15) is 0 Å². The van der Waals surface area contributed by atoms with Crippen LogP contribution in [0.1, 0.15) is 10.4 Å². The fourth-order valence-corrected chi connectivity index (χ4v) is 1.90. The lowest BCUT2D eigenvalue weighted by Crippen LogP contribution is -2.28. The number of anilines is 1. The Labute approximate surface area is 136 Å². The van der Waals surface area contributed by atoms with Crippen LogP contribution in [0.25, 0.3) is 0 Å². The SMILES string of the molecule is CN(C)c1ccc(/N=N/c2ccc(C(=O)NCCN)cc2)cc1. The first-order valence-electron chi connectivity index (χ1n) is 7.37. The minimum Gasteiger partial charge on any atom is -0.378 e. The largest absolute Gasteiger partial charge is 0.378 e. The maximum absolute atomic E-state index is 11.8. The Morgan fingerprint density at radius 1 is 1.00 bits per heavy atom. The van der Waals surface area contributed by atoms with Crippen molar-refractivity contribution in [1.29, 1.82) is 0 Å². The predicted molar refractivity (Wildman–Crippen MR) is 92.8 cm³/mol. The fourth-order valence-electron chi connectivity index (χ4n) is 1.90. The first-order valence-corrected chi connectivity index (χ1v) is 7.37. The zero-order valence-corrected chi connectivity index (χ0v) is 13.4. The van der Waals surface area contributed by atoms with Crippen LogP contribution in [0.2, 0.25) is 0 Å². The molecular weight excluding hydrogens is 290 g/mol. The Hall–Kier alpha value is -2.73. The highest BCUT2D eigenvalue weighted by atomic mass is 16.1. The van der Waals surface area contributed by atoms with Crippen molar-refractivity contribution in [2.75, 3.05) is 32.1 Å². The minimum atomic E-state index is -0.141. The van der Waals surface area contributed by atoms with E-state index in [9.17, 15) is 4.79 Å². The van der Waals surface area contributed by atoms with Crippen molar-refractivity contribution in [2.24, 2.45) is 16.0 Å². The van der Waals surface area contributed by atoms with Gasteiger partial charge in [0.2, 0.25) is 0 Å². The van der Waals surface area contributed by atoms with Crippen molar-refractivity contribution < 1.29 is 4.79 Å². The lowest BCUT2D eigenvalue weighted by Gasteiger charge is -2.11. The normalized spacial score (nSPS) is 10.7. The van der Waals surface area contributed by atoms with Crippen molar-refractivity contribution in [1.82, 2.24) is 5.32 Å². The molecule has 1 amide bonds. The van der Waals surface area contributed by atoms with Crippen LogP contribution in [0.3, 0.4) is 0 Å². The molecule has 0 atom stereocenters. The molecular formula is C17H21N5O. The van der Waals surface area contributed by atoms with Crippen LogP contribution in [0.5, 0.6) is 0 Å². The molecule has 0 fully saturated rings. The Morgan fingerprint density at radius 2 is 1.52 bits per heavy atom. The third kappa shape index (κ3) is 4.89. The fraction of sp³-hybridized carbons (Fsp3) is 0.235. The molecule has 0 radical (unpaired) electrons. The number of amides is 1. The van der Waals surface area contributed by atoms with Gasteiger partial charge in [-0.1, -0.05) is 0 Å². The second kappa shape index (κ2) is 8.05. The third-order valence-electron chi connectivity index (χ3n) is 3.21. The third-order valence-corrected chi connectivity index (χ3v) is 3.21. The van der Waals surface area contributed by atoms with Crippen molar-refractivity contribution >= 4 is 23.0 Å². The number of rotatable bonds is 6. The van der Waals surface area contributed by atoms with Gasteiger partial charge >= 0.3 is 0 Å². The summed E-state index contributed by atoms with van der Waals surface area (Å²) in [6, 6.07) is 14.7. The smallest absolute Gasteiger partial charge is 0.251 e. The molecule has 0 aromatic heterocycles. The topological polar surface area (TPSA) is 83.1 Å². The molecule has 23 heavy (non-hydrogen) atoms. The number of carbonyl (C=O) groups excluding carboxylic acids is 1. The Kier molecular flexibility index (Phi) is 5.82. The second-order valence-corrected chi connectivity index (χ2v) is 5.20. The van der Waals surface area contributed by atoms with E-state index in [0.29, 0.717) is 24.3 Å². The van der Waals surface area contributed by atoms with Gasteiger partial charge in [-0.3, -0.25) is 4.79 Å². The standard InChI is InChI=1S/C17H21N5O/c1-22(2)16-9-7-15(8-10-16)21-20-14-5-3-13(4-6-14)17(23)19-12-11-18/h3-10H,11-12,18H2,1-2H3,(H,19,23)/b21-20+. The molecule has 6 heteroatoms. The molecule has 0 bridgehead atoms. The van der Waals surface area contributed by atoms with Gasteiger partial charge in [0, 0.05) is 38.4 Å². The molecule has 2 rings (SSSR count). The lowest BCUT2D eigenvalue weighted by atomic mass is 10.2. The highest BCUT2D eigenvalue weighted by molar-refractivity contribution is 5.94. The molecule has 3 N–H and O–H groups in total. The summed E-state index contributed by atoms with van der Waals surface area (Å²) < 4.78 is 0. The minimum absolute atomic E-state index is 0.141. The van der Waals surface area contributed by atoms with E-state index in [1.165, 1.54) is 0 Å². The summed E-state index contributed by atoms with van der Waals surface area (Å²) in [4.78, 5) is 13.8. The van der Waals surface area contributed by atoms with Crippen LogP contribution >= 0.6 is 0 Å². The zero-order valence-electron chi connectivity index (χ0n) is 13.4. The Morgan fingerprint density at radius 3 is 2.00 bits per heavy atom. The van der Waals surface area contributed by atoms with E-state index in [1.807, 2.05) is 43.3 Å². The van der Waals surface area contributed by atoms with E-state index < -0.39 is 0 Å². The molecule has 0 aliphatic heterocycles. The molecule has 2 aromatic rings. The molecule has 120 valence electrons. The Bertz CT molecular complexity index is 662. The number of nitrogens with one attached hydrogen (secondary N) is 1. The molecule has 0 spiro atoms. The van der Waals surface area contributed by atoms with Gasteiger partial charge in [0.25, 0.3) is 5.91 Å². The average Bonchev–Trinajstić information content (AvgIpc) is 2.58. The summed E-state index contributed by atoms with van der Waals surface area (Å²) in [5.41, 5.74) is 8.51. The summed E-state index contributed by atoms with van der Waals surface area (Å²) in [7, 11) is 3.98. The summed E-state index contributed by atoms with van der Waals surface area (Å²) >= 11 is 0. The quantitative estimate of drug-likeness (QED) is 0.805. The number of azo groups is 1. The lowest BCUT2D eigenvalue weighted by molar-refractivity contribution is 0.0955. The predicted octanol–water partition coefficient (Wildman–Crippen LogP) is 2.86. The first-order chi connectivity index (χ1) is 11.1. The maximum atomic E-state index is 11.8. The molecule has 0 saturated carbocycles. The summed E-state index contributed by atoms with van der Waals surface area (Å²) in [5.74, 6) is -0.141. The van der Waals surface area contributed by atoms with Gasteiger partial charge in [-0.2, -0.15) is 10.2 Å². The van der Waals surface area contributed by atoms with Crippen LogP contribution in [0.4, 0.5) is 17.1 Å². The summed E-state index contributed by atoms with van der Waals surface area (Å²) in [6.07, 6.45) is 0. The van der Waals surface area contributed by atoms with Crippen LogP contribution < -0.4 is 16.0 Å². The molecule has 2 aromatic carbocycles. The van der Waals surface area contributed by atoms with Gasteiger partial charge in [-0.05, 0) is 48.5 Å². The van der Waals surface area contributed by atoms with E-state index in [1.54, 1.807) is 24.3 Å². The van der Waals surface area contributed by atoms with E-state index in [4.69, 9.17) is 5.73 Å². The van der Waals surface area contributed by atoms with Crippen LogP contribution in [0.15, 0.2) is 58.8 Å². The first kappa shape index (κ1) is 16.6. The van der Waals surface area contributed by atoms with E-state index in [2.05, 4.69) is 15.5 Å². The average molecular weight is 311 g/mol. The van der Waals surface area contributed by atoms with Crippen LogP contribution in [0, 0.1) is 0 Å². The van der Waals surface area contributed by atoms with Gasteiger partial charge in [-0.15, -0.1) is 0 Å². The summed E-state index contributed by atoms with van der Waals surface area (Å²) in [5, 5.41) is 11.1. The van der Waals surface area contributed by atoms with Gasteiger partial charge in [0.15, 0.2) is 0 Å². The Balaban J connectivity index is 2.01. The molecule has 0 saturated heterocycles. The molecule has 6 nitrogen and oxygen atoms in total. The van der Waals surface area contributed by atoms with Gasteiger partial charge in [0.05, 0.1) is 11.4 Å². The highest BCUT2D eigenvalue weighted by Crippen LogP contribution is 2.21. The second-order valence-electron chi connectivity index (χ2n) is 5.20. The number of carbonyl (C=O) groups is 1.